The molecule has 0 aliphatic carbocycles. The molecule has 0 aliphatic heterocycles. The van der Waals surface area contributed by atoms with Crippen molar-refractivity contribution in [2.24, 2.45) is 0 Å². The van der Waals surface area contributed by atoms with E-state index in [1.165, 1.54) is 0 Å². The largest absolute Gasteiger partial charge is 0.490 e. The number of aryl methyl sites for hydroxylation is 1. The summed E-state index contributed by atoms with van der Waals surface area (Å²) < 4.78 is 14.2. The molecule has 1 heterocycles. The Labute approximate surface area is 170 Å². The minimum Gasteiger partial charge on any atom is -0.490 e. The molecule has 0 fully saturated rings. The van der Waals surface area contributed by atoms with E-state index in [0.29, 0.717) is 24.5 Å². The lowest BCUT2D eigenvalue weighted by Gasteiger charge is -2.15. The molecule has 6 nitrogen and oxygen atoms in total. The summed E-state index contributed by atoms with van der Waals surface area (Å²) in [6.07, 6.45) is 1.86. The summed E-state index contributed by atoms with van der Waals surface area (Å²) in [4.78, 5) is 0. The van der Waals surface area contributed by atoms with Gasteiger partial charge in [-0.25, -0.2) is 4.68 Å². The van der Waals surface area contributed by atoms with Crippen molar-refractivity contribution < 1.29 is 9.47 Å². The lowest BCUT2D eigenvalue weighted by atomic mass is 10.2. The molecule has 0 saturated carbocycles. The number of hydrogen-bond donors (Lipinski definition) is 2. The Balaban J connectivity index is 1.70. The van der Waals surface area contributed by atoms with Crippen LogP contribution in [0.1, 0.15) is 37.2 Å². The molecule has 0 bridgehead atoms. The van der Waals surface area contributed by atoms with E-state index in [4.69, 9.17) is 21.7 Å². The van der Waals surface area contributed by atoms with Gasteiger partial charge in [-0.15, -0.1) is 0 Å². The summed E-state index contributed by atoms with van der Waals surface area (Å²) in [6.45, 7) is 5.76. The van der Waals surface area contributed by atoms with E-state index in [2.05, 4.69) is 22.5 Å². The molecular formula is C21H26N4O2S. The molecule has 2 aromatic carbocycles. The highest BCUT2D eigenvalue weighted by atomic mass is 32.1. The lowest BCUT2D eigenvalue weighted by Crippen LogP contribution is -2.17. The number of hydrogen-bond acceptors (Lipinski definition) is 5. The summed E-state index contributed by atoms with van der Waals surface area (Å²) >= 11 is 5.31. The molecule has 0 saturated heterocycles. The Bertz CT molecular complexity index is 937. The Kier molecular flexibility index (Phi) is 7.08. The van der Waals surface area contributed by atoms with Crippen molar-refractivity contribution in [3.63, 3.8) is 0 Å². The first-order chi connectivity index (χ1) is 13.7. The number of ether oxygens (including phenoxy) is 2. The van der Waals surface area contributed by atoms with Crippen molar-refractivity contribution in [1.82, 2.24) is 14.9 Å². The fourth-order valence-electron chi connectivity index (χ4n) is 2.84. The number of benzene rings is 2. The van der Waals surface area contributed by atoms with Crippen LogP contribution in [-0.2, 0) is 19.6 Å². The first-order valence-electron chi connectivity index (χ1n) is 9.53. The molecule has 0 spiro atoms. The van der Waals surface area contributed by atoms with Crippen LogP contribution in [-0.4, -0.2) is 21.5 Å². The molecule has 7 heteroatoms. The van der Waals surface area contributed by atoms with E-state index in [-0.39, 0.29) is 0 Å². The van der Waals surface area contributed by atoms with Gasteiger partial charge >= 0.3 is 0 Å². The Morgan fingerprint density at radius 2 is 1.86 bits per heavy atom. The SMILES string of the molecule is CCCc1n[nH]c(=S)n1NCc1ccc(OCc2ccccc2)c(OCC)c1. The first kappa shape index (κ1) is 19.9. The zero-order valence-electron chi connectivity index (χ0n) is 16.3. The van der Waals surface area contributed by atoms with Crippen LogP contribution in [0.3, 0.4) is 0 Å². The molecule has 0 radical (unpaired) electrons. The number of nitrogens with zero attached hydrogens (tertiary/aromatic N) is 2. The van der Waals surface area contributed by atoms with E-state index in [1.54, 1.807) is 0 Å². The molecule has 0 aliphatic rings. The molecule has 2 N–H and O–H groups in total. The molecule has 1 aromatic heterocycles. The molecule has 3 aromatic rings. The normalized spacial score (nSPS) is 10.6. The lowest BCUT2D eigenvalue weighted by molar-refractivity contribution is 0.269. The van der Waals surface area contributed by atoms with Gasteiger partial charge in [0, 0.05) is 6.42 Å². The number of aromatic nitrogens is 3. The average Bonchev–Trinajstić information content (AvgIpc) is 3.06. The van der Waals surface area contributed by atoms with Crippen molar-refractivity contribution in [1.29, 1.82) is 0 Å². The van der Waals surface area contributed by atoms with Crippen LogP contribution in [0.5, 0.6) is 11.5 Å². The van der Waals surface area contributed by atoms with Gasteiger partial charge in [0.1, 0.15) is 6.61 Å². The summed E-state index contributed by atoms with van der Waals surface area (Å²) in [6, 6.07) is 16.1. The average molecular weight is 399 g/mol. The zero-order valence-corrected chi connectivity index (χ0v) is 17.1. The van der Waals surface area contributed by atoms with Crippen molar-refractivity contribution in [3.05, 3.63) is 70.3 Å². The fourth-order valence-corrected chi connectivity index (χ4v) is 3.06. The van der Waals surface area contributed by atoms with Crippen molar-refractivity contribution in [2.75, 3.05) is 12.0 Å². The maximum atomic E-state index is 5.97. The third kappa shape index (κ3) is 5.13. The van der Waals surface area contributed by atoms with Gasteiger partial charge in [-0.1, -0.05) is 43.3 Å². The summed E-state index contributed by atoms with van der Waals surface area (Å²) in [7, 11) is 0. The summed E-state index contributed by atoms with van der Waals surface area (Å²) in [5.74, 6) is 2.38. The Hall–Kier alpha value is -2.80. The van der Waals surface area contributed by atoms with Gasteiger partial charge in [0.15, 0.2) is 17.3 Å². The van der Waals surface area contributed by atoms with Gasteiger partial charge in [-0.3, -0.25) is 5.10 Å². The maximum absolute atomic E-state index is 5.97. The van der Waals surface area contributed by atoms with Gasteiger partial charge in [-0.2, -0.15) is 5.10 Å². The van der Waals surface area contributed by atoms with E-state index >= 15 is 0 Å². The van der Waals surface area contributed by atoms with E-state index in [9.17, 15) is 0 Å². The fraction of sp³-hybridized carbons (Fsp3) is 0.333. The number of nitrogens with one attached hydrogen (secondary N) is 2. The predicted molar refractivity (Wildman–Crippen MR) is 113 cm³/mol. The summed E-state index contributed by atoms with van der Waals surface area (Å²) in [5, 5.41) is 7.11. The first-order valence-corrected chi connectivity index (χ1v) is 9.94. The quantitative estimate of drug-likeness (QED) is 0.488. The van der Waals surface area contributed by atoms with Crippen LogP contribution in [0.15, 0.2) is 48.5 Å². The molecule has 3 rings (SSSR count). The Morgan fingerprint density at radius 3 is 2.61 bits per heavy atom. The zero-order chi connectivity index (χ0) is 19.8. The predicted octanol–water partition coefficient (Wildman–Crippen LogP) is 4.61. The number of rotatable bonds is 10. The van der Waals surface area contributed by atoms with Crippen LogP contribution in [0.2, 0.25) is 0 Å². The van der Waals surface area contributed by atoms with E-state index in [1.807, 2.05) is 60.1 Å². The van der Waals surface area contributed by atoms with Gasteiger partial charge in [-0.05, 0) is 48.8 Å². The maximum Gasteiger partial charge on any atom is 0.214 e. The van der Waals surface area contributed by atoms with Crippen LogP contribution in [0, 0.1) is 4.77 Å². The Morgan fingerprint density at radius 1 is 1.04 bits per heavy atom. The van der Waals surface area contributed by atoms with E-state index < -0.39 is 0 Å². The number of aromatic amines is 1. The van der Waals surface area contributed by atoms with Crippen LogP contribution in [0.25, 0.3) is 0 Å². The van der Waals surface area contributed by atoms with Crippen LogP contribution >= 0.6 is 12.2 Å². The van der Waals surface area contributed by atoms with Crippen molar-refractivity contribution in [3.8, 4) is 11.5 Å². The highest BCUT2D eigenvalue weighted by Crippen LogP contribution is 2.29. The standard InChI is InChI=1S/C21H26N4O2S/c1-3-8-20-23-24-21(28)25(20)22-14-17-11-12-18(19(13-17)26-4-2)27-15-16-9-6-5-7-10-16/h5-7,9-13,22H,3-4,8,14-15H2,1-2H3,(H,24,28). The molecule has 0 amide bonds. The second-order valence-electron chi connectivity index (χ2n) is 6.35. The minimum absolute atomic E-state index is 0.503. The third-order valence-corrected chi connectivity index (χ3v) is 4.48. The second kappa shape index (κ2) is 9.94. The van der Waals surface area contributed by atoms with E-state index in [0.717, 1.165) is 41.3 Å². The molecule has 148 valence electrons. The highest BCUT2D eigenvalue weighted by Gasteiger charge is 2.09. The smallest absolute Gasteiger partial charge is 0.214 e. The van der Waals surface area contributed by atoms with Gasteiger partial charge in [0.2, 0.25) is 4.77 Å². The highest BCUT2D eigenvalue weighted by molar-refractivity contribution is 7.71. The molecule has 0 unspecified atom stereocenters. The number of H-pyrrole nitrogens is 1. The second-order valence-corrected chi connectivity index (χ2v) is 6.74. The van der Waals surface area contributed by atoms with Gasteiger partial charge < -0.3 is 14.9 Å². The molecule has 28 heavy (non-hydrogen) atoms. The third-order valence-electron chi connectivity index (χ3n) is 4.20. The van der Waals surface area contributed by atoms with Gasteiger partial charge in [0.05, 0.1) is 13.2 Å². The van der Waals surface area contributed by atoms with Gasteiger partial charge in [0.25, 0.3) is 0 Å². The van der Waals surface area contributed by atoms with Crippen molar-refractivity contribution >= 4 is 12.2 Å². The topological polar surface area (TPSA) is 64.1 Å². The summed E-state index contributed by atoms with van der Waals surface area (Å²) in [5.41, 5.74) is 5.52. The van der Waals surface area contributed by atoms with Crippen molar-refractivity contribution in [2.45, 2.75) is 39.8 Å². The minimum atomic E-state index is 0.503. The molecular weight excluding hydrogens is 372 g/mol. The van der Waals surface area contributed by atoms with Crippen LogP contribution in [0.4, 0.5) is 0 Å². The monoisotopic (exact) mass is 398 g/mol. The van der Waals surface area contributed by atoms with Crippen LogP contribution < -0.4 is 14.9 Å². The molecule has 0 atom stereocenters.